The van der Waals surface area contributed by atoms with E-state index in [9.17, 15) is 14.4 Å². The van der Waals surface area contributed by atoms with E-state index in [0.29, 0.717) is 16.6 Å². The first-order valence-electron chi connectivity index (χ1n) is 8.96. The van der Waals surface area contributed by atoms with Crippen molar-refractivity contribution in [1.82, 2.24) is 9.97 Å². The molecule has 0 saturated carbocycles. The molecule has 6 nitrogen and oxygen atoms in total. The zero-order valence-corrected chi connectivity index (χ0v) is 15.3. The molecule has 6 heteroatoms. The molecule has 1 heterocycles. The molecular weight excluding hydrogens is 344 g/mol. The van der Waals surface area contributed by atoms with Crippen LogP contribution < -0.4 is 5.69 Å². The first-order chi connectivity index (χ1) is 13.0. The summed E-state index contributed by atoms with van der Waals surface area (Å²) < 4.78 is 5.35. The minimum absolute atomic E-state index is 0.0938. The molecule has 2 aromatic carbocycles. The Morgan fingerprint density at radius 1 is 1.04 bits per heavy atom. The average Bonchev–Trinajstić information content (AvgIpc) is 3.06. The Bertz CT molecular complexity index is 1000. The molecule has 2 unspecified atom stereocenters. The fourth-order valence-corrected chi connectivity index (χ4v) is 3.11. The van der Waals surface area contributed by atoms with Crippen LogP contribution in [0, 0.1) is 5.92 Å². The molecule has 0 amide bonds. The summed E-state index contributed by atoms with van der Waals surface area (Å²) in [6.07, 6.45) is 0.820. The average molecular weight is 366 g/mol. The molecule has 0 saturated heterocycles. The number of hydrogen-bond acceptors (Lipinski definition) is 4. The van der Waals surface area contributed by atoms with Gasteiger partial charge in [-0.05, 0) is 29.7 Å². The Morgan fingerprint density at radius 2 is 1.74 bits per heavy atom. The molecule has 27 heavy (non-hydrogen) atoms. The van der Waals surface area contributed by atoms with Gasteiger partial charge in [0.2, 0.25) is 0 Å². The van der Waals surface area contributed by atoms with Gasteiger partial charge in [-0.25, -0.2) is 4.79 Å². The number of ketones is 1. The molecule has 140 valence electrons. The fraction of sp³-hybridized carbons (Fsp3) is 0.286. The number of aromatic amines is 2. The van der Waals surface area contributed by atoms with Crippen molar-refractivity contribution in [2.45, 2.75) is 26.2 Å². The number of ether oxygens (including phenoxy) is 1. The second kappa shape index (κ2) is 8.03. The number of Topliss-reactive ketones (excluding diaryl/α,β-unsaturated/α-hetero) is 1. The predicted octanol–water partition coefficient (Wildman–Crippen LogP) is 3.41. The van der Waals surface area contributed by atoms with E-state index in [2.05, 4.69) is 9.97 Å². The number of fused-ring (bicyclic) bond motifs is 1. The van der Waals surface area contributed by atoms with Crippen molar-refractivity contribution in [2.75, 3.05) is 6.61 Å². The summed E-state index contributed by atoms with van der Waals surface area (Å²) in [5.74, 6) is -1.04. The molecular formula is C21H22N2O4. The number of aromatic nitrogens is 2. The van der Waals surface area contributed by atoms with Crippen LogP contribution in [0.25, 0.3) is 11.0 Å². The SMILES string of the molecule is CCC(C)C(C(=O)OCC(=O)c1ccc2[nH]c(=O)[nH]c2c1)c1ccccc1. The van der Waals surface area contributed by atoms with Crippen molar-refractivity contribution in [3.05, 3.63) is 70.1 Å². The number of H-pyrrole nitrogens is 2. The molecule has 0 radical (unpaired) electrons. The maximum Gasteiger partial charge on any atom is 0.323 e. The van der Waals surface area contributed by atoms with Crippen molar-refractivity contribution < 1.29 is 14.3 Å². The molecule has 0 fully saturated rings. The highest BCUT2D eigenvalue weighted by Gasteiger charge is 2.27. The van der Waals surface area contributed by atoms with Crippen LogP contribution in [-0.2, 0) is 9.53 Å². The molecule has 2 atom stereocenters. The Kier molecular flexibility index (Phi) is 5.54. The molecule has 0 aliphatic rings. The summed E-state index contributed by atoms with van der Waals surface area (Å²) >= 11 is 0. The molecule has 3 aromatic rings. The molecule has 1 aromatic heterocycles. The molecule has 2 N–H and O–H groups in total. The smallest absolute Gasteiger partial charge is 0.323 e. The Morgan fingerprint density at radius 3 is 2.44 bits per heavy atom. The van der Waals surface area contributed by atoms with E-state index in [1.54, 1.807) is 18.2 Å². The second-order valence-corrected chi connectivity index (χ2v) is 6.64. The number of hydrogen-bond donors (Lipinski definition) is 2. The monoisotopic (exact) mass is 366 g/mol. The number of benzene rings is 2. The molecule has 0 spiro atoms. The molecule has 0 aliphatic carbocycles. The summed E-state index contributed by atoms with van der Waals surface area (Å²) in [6, 6.07) is 14.3. The van der Waals surface area contributed by atoms with Crippen LogP contribution in [0.5, 0.6) is 0 Å². The quantitative estimate of drug-likeness (QED) is 0.495. The van der Waals surface area contributed by atoms with Gasteiger partial charge in [-0.3, -0.25) is 9.59 Å². The minimum atomic E-state index is -0.410. The van der Waals surface area contributed by atoms with E-state index < -0.39 is 11.9 Å². The van der Waals surface area contributed by atoms with E-state index in [1.165, 1.54) is 0 Å². The Balaban J connectivity index is 1.72. The highest BCUT2D eigenvalue weighted by molar-refractivity contribution is 6.00. The van der Waals surface area contributed by atoms with Crippen molar-refractivity contribution in [1.29, 1.82) is 0 Å². The standard InChI is InChI=1S/C21H22N2O4/c1-3-13(2)19(14-7-5-4-6-8-14)20(25)27-12-18(24)15-9-10-16-17(11-15)23-21(26)22-16/h4-11,13,19H,3,12H2,1-2H3,(H2,22,23,26). The van der Waals surface area contributed by atoms with Gasteiger partial charge in [0.25, 0.3) is 0 Å². The first kappa shape index (κ1) is 18.6. The third-order valence-corrected chi connectivity index (χ3v) is 4.81. The van der Waals surface area contributed by atoms with Gasteiger partial charge < -0.3 is 14.7 Å². The van der Waals surface area contributed by atoms with Gasteiger partial charge in [0.15, 0.2) is 12.4 Å². The Labute approximate surface area is 156 Å². The number of carbonyl (C=O) groups excluding carboxylic acids is 2. The van der Waals surface area contributed by atoms with Crippen LogP contribution in [-0.4, -0.2) is 28.3 Å². The maximum absolute atomic E-state index is 12.7. The van der Waals surface area contributed by atoms with E-state index in [4.69, 9.17) is 4.74 Å². The van der Waals surface area contributed by atoms with Crippen LogP contribution in [0.3, 0.4) is 0 Å². The van der Waals surface area contributed by atoms with Gasteiger partial charge in [-0.2, -0.15) is 0 Å². The number of nitrogens with one attached hydrogen (secondary N) is 2. The lowest BCUT2D eigenvalue weighted by molar-refractivity contribution is -0.145. The van der Waals surface area contributed by atoms with Crippen LogP contribution in [0.15, 0.2) is 53.3 Å². The summed E-state index contributed by atoms with van der Waals surface area (Å²) in [7, 11) is 0. The Hall–Kier alpha value is -3.15. The van der Waals surface area contributed by atoms with E-state index in [1.807, 2.05) is 44.2 Å². The molecule has 0 aliphatic heterocycles. The number of carbonyl (C=O) groups is 2. The van der Waals surface area contributed by atoms with Crippen molar-refractivity contribution >= 4 is 22.8 Å². The summed E-state index contributed by atoms with van der Waals surface area (Å²) in [4.78, 5) is 41.6. The highest BCUT2D eigenvalue weighted by Crippen LogP contribution is 2.28. The molecule has 0 bridgehead atoms. The lowest BCUT2D eigenvalue weighted by Gasteiger charge is -2.21. The first-order valence-corrected chi connectivity index (χ1v) is 8.96. The van der Waals surface area contributed by atoms with Gasteiger partial charge >= 0.3 is 11.7 Å². The zero-order valence-electron chi connectivity index (χ0n) is 15.3. The second-order valence-electron chi connectivity index (χ2n) is 6.64. The minimum Gasteiger partial charge on any atom is -0.457 e. The summed E-state index contributed by atoms with van der Waals surface area (Å²) in [5, 5.41) is 0. The summed E-state index contributed by atoms with van der Waals surface area (Å²) in [6.45, 7) is 3.68. The van der Waals surface area contributed by atoms with E-state index in [-0.39, 0.29) is 24.0 Å². The molecule has 3 rings (SSSR count). The van der Waals surface area contributed by atoms with Gasteiger partial charge in [0, 0.05) is 5.56 Å². The number of esters is 1. The number of rotatable bonds is 7. The van der Waals surface area contributed by atoms with Crippen LogP contribution in [0.2, 0.25) is 0 Å². The largest absolute Gasteiger partial charge is 0.457 e. The van der Waals surface area contributed by atoms with Crippen LogP contribution in [0.1, 0.15) is 42.1 Å². The van der Waals surface area contributed by atoms with Crippen molar-refractivity contribution in [3.63, 3.8) is 0 Å². The third kappa shape index (κ3) is 4.16. The lowest BCUT2D eigenvalue weighted by Crippen LogP contribution is -2.24. The van der Waals surface area contributed by atoms with Gasteiger partial charge in [-0.15, -0.1) is 0 Å². The lowest BCUT2D eigenvalue weighted by atomic mass is 9.85. The van der Waals surface area contributed by atoms with Gasteiger partial charge in [0.1, 0.15) is 0 Å². The fourth-order valence-electron chi connectivity index (χ4n) is 3.11. The van der Waals surface area contributed by atoms with Gasteiger partial charge in [0.05, 0.1) is 17.0 Å². The van der Waals surface area contributed by atoms with E-state index in [0.717, 1.165) is 12.0 Å². The van der Waals surface area contributed by atoms with Crippen LogP contribution in [0.4, 0.5) is 0 Å². The van der Waals surface area contributed by atoms with Crippen molar-refractivity contribution in [2.24, 2.45) is 5.92 Å². The van der Waals surface area contributed by atoms with E-state index >= 15 is 0 Å². The third-order valence-electron chi connectivity index (χ3n) is 4.81. The topological polar surface area (TPSA) is 92.0 Å². The number of imidazole rings is 1. The maximum atomic E-state index is 12.7. The summed E-state index contributed by atoms with van der Waals surface area (Å²) in [5.41, 5.74) is 2.09. The van der Waals surface area contributed by atoms with Crippen molar-refractivity contribution in [3.8, 4) is 0 Å². The predicted molar refractivity (Wildman–Crippen MR) is 103 cm³/mol. The normalized spacial score (nSPS) is 13.3. The van der Waals surface area contributed by atoms with Gasteiger partial charge in [-0.1, -0.05) is 50.6 Å². The highest BCUT2D eigenvalue weighted by atomic mass is 16.5. The van der Waals surface area contributed by atoms with Crippen LogP contribution >= 0.6 is 0 Å². The zero-order chi connectivity index (χ0) is 19.4.